The van der Waals surface area contributed by atoms with Crippen molar-refractivity contribution in [1.82, 2.24) is 10.2 Å². The van der Waals surface area contributed by atoms with Gasteiger partial charge in [0, 0.05) is 11.6 Å². The SMILES string of the molecule is COc1ccc(NC(=O)CSc2ccc(-c3ccc(C)cc3C)nn2)c(OC)c1. The van der Waals surface area contributed by atoms with Crippen molar-refractivity contribution in [2.24, 2.45) is 0 Å². The van der Waals surface area contributed by atoms with E-state index in [1.165, 1.54) is 17.3 Å². The van der Waals surface area contributed by atoms with Gasteiger partial charge in [0.25, 0.3) is 0 Å². The number of anilines is 1. The first-order valence-corrected chi connectivity index (χ1v) is 10.0. The van der Waals surface area contributed by atoms with Crippen LogP contribution in [0.25, 0.3) is 11.3 Å². The van der Waals surface area contributed by atoms with Gasteiger partial charge in [0.2, 0.25) is 5.91 Å². The first-order chi connectivity index (χ1) is 14.0. The minimum absolute atomic E-state index is 0.154. The summed E-state index contributed by atoms with van der Waals surface area (Å²) in [5, 5.41) is 12.1. The molecule has 0 aliphatic carbocycles. The molecule has 1 amide bonds. The van der Waals surface area contributed by atoms with Gasteiger partial charge in [-0.2, -0.15) is 0 Å². The number of amides is 1. The van der Waals surface area contributed by atoms with Crippen molar-refractivity contribution < 1.29 is 14.3 Å². The topological polar surface area (TPSA) is 73.3 Å². The number of benzene rings is 2. The van der Waals surface area contributed by atoms with Crippen molar-refractivity contribution in [2.75, 3.05) is 25.3 Å². The van der Waals surface area contributed by atoms with E-state index in [-0.39, 0.29) is 11.7 Å². The first-order valence-electron chi connectivity index (χ1n) is 9.06. The van der Waals surface area contributed by atoms with Gasteiger partial charge in [-0.25, -0.2) is 0 Å². The molecule has 1 heterocycles. The first kappa shape index (κ1) is 20.7. The van der Waals surface area contributed by atoms with Gasteiger partial charge >= 0.3 is 0 Å². The molecule has 6 nitrogen and oxygen atoms in total. The third-order valence-electron chi connectivity index (χ3n) is 4.33. The molecule has 3 aromatic rings. The second kappa shape index (κ2) is 9.43. The van der Waals surface area contributed by atoms with Crippen molar-refractivity contribution in [3.63, 3.8) is 0 Å². The number of rotatable bonds is 7. The molecule has 0 saturated heterocycles. The number of thioether (sulfide) groups is 1. The van der Waals surface area contributed by atoms with Gasteiger partial charge in [0.1, 0.15) is 16.5 Å². The molecule has 1 aromatic heterocycles. The third kappa shape index (κ3) is 5.26. The molecular formula is C22H23N3O3S. The maximum atomic E-state index is 12.3. The maximum Gasteiger partial charge on any atom is 0.234 e. The Morgan fingerprint density at radius 2 is 1.83 bits per heavy atom. The van der Waals surface area contributed by atoms with Crippen LogP contribution in [0.1, 0.15) is 11.1 Å². The average molecular weight is 410 g/mol. The number of nitrogens with zero attached hydrogens (tertiary/aromatic N) is 2. The van der Waals surface area contributed by atoms with Gasteiger partial charge in [-0.1, -0.05) is 35.5 Å². The van der Waals surface area contributed by atoms with Crippen molar-refractivity contribution in [2.45, 2.75) is 18.9 Å². The van der Waals surface area contributed by atoms with Crippen molar-refractivity contribution >= 4 is 23.4 Å². The summed E-state index contributed by atoms with van der Waals surface area (Å²) >= 11 is 1.33. The van der Waals surface area contributed by atoms with Gasteiger partial charge in [-0.3, -0.25) is 4.79 Å². The molecule has 1 N–H and O–H groups in total. The zero-order valence-electron chi connectivity index (χ0n) is 16.9. The summed E-state index contributed by atoms with van der Waals surface area (Å²) in [4.78, 5) is 12.3. The maximum absolute atomic E-state index is 12.3. The fourth-order valence-electron chi connectivity index (χ4n) is 2.87. The number of aryl methyl sites for hydroxylation is 2. The van der Waals surface area contributed by atoms with Gasteiger partial charge in [0.15, 0.2) is 0 Å². The molecule has 0 saturated carbocycles. The van der Waals surface area contributed by atoms with Crippen LogP contribution in [0.3, 0.4) is 0 Å². The normalized spacial score (nSPS) is 10.5. The molecule has 0 radical (unpaired) electrons. The molecule has 0 spiro atoms. The Labute approximate surface area is 174 Å². The van der Waals surface area contributed by atoms with E-state index < -0.39 is 0 Å². The Balaban J connectivity index is 1.61. The third-order valence-corrected chi connectivity index (χ3v) is 5.25. The minimum atomic E-state index is -0.154. The number of methoxy groups -OCH3 is 2. The van der Waals surface area contributed by atoms with E-state index in [9.17, 15) is 4.79 Å². The highest BCUT2D eigenvalue weighted by molar-refractivity contribution is 7.99. The number of hydrogen-bond donors (Lipinski definition) is 1. The molecule has 0 aliphatic rings. The summed E-state index contributed by atoms with van der Waals surface area (Å²) < 4.78 is 10.5. The van der Waals surface area contributed by atoms with E-state index in [4.69, 9.17) is 9.47 Å². The fraction of sp³-hybridized carbons (Fsp3) is 0.227. The molecule has 0 atom stereocenters. The van der Waals surface area contributed by atoms with Crippen LogP contribution in [0.5, 0.6) is 11.5 Å². The Kier molecular flexibility index (Phi) is 6.72. The standard InChI is InChI=1S/C22H23N3O3S/c1-14-5-7-17(15(2)11-14)18-9-10-22(25-24-18)29-13-21(26)23-19-8-6-16(27-3)12-20(19)28-4/h5-12H,13H2,1-4H3,(H,23,26). The number of hydrogen-bond acceptors (Lipinski definition) is 6. The Bertz CT molecular complexity index is 1010. The highest BCUT2D eigenvalue weighted by Crippen LogP contribution is 2.29. The van der Waals surface area contributed by atoms with Crippen LogP contribution < -0.4 is 14.8 Å². The molecular weight excluding hydrogens is 386 g/mol. The van der Waals surface area contributed by atoms with E-state index in [1.807, 2.05) is 12.1 Å². The number of carbonyl (C=O) groups excluding carboxylic acids is 1. The molecule has 0 unspecified atom stereocenters. The van der Waals surface area contributed by atoms with Crippen LogP contribution in [0.4, 0.5) is 5.69 Å². The second-order valence-corrected chi connectivity index (χ2v) is 7.47. The predicted octanol–water partition coefficient (Wildman–Crippen LogP) is 4.51. The van der Waals surface area contributed by atoms with Gasteiger partial charge in [-0.05, 0) is 43.7 Å². The van der Waals surface area contributed by atoms with Crippen LogP contribution in [-0.4, -0.2) is 36.1 Å². The minimum Gasteiger partial charge on any atom is -0.497 e. The summed E-state index contributed by atoms with van der Waals surface area (Å²) in [6.45, 7) is 4.12. The summed E-state index contributed by atoms with van der Waals surface area (Å²) in [6, 6.07) is 15.3. The van der Waals surface area contributed by atoms with E-state index in [2.05, 4.69) is 47.6 Å². The summed E-state index contributed by atoms with van der Waals surface area (Å²) in [5.74, 6) is 1.26. The smallest absolute Gasteiger partial charge is 0.234 e. The van der Waals surface area contributed by atoms with Crippen LogP contribution >= 0.6 is 11.8 Å². The average Bonchev–Trinajstić information content (AvgIpc) is 2.73. The van der Waals surface area contributed by atoms with Crippen LogP contribution in [0.2, 0.25) is 0 Å². The quantitative estimate of drug-likeness (QED) is 0.579. The van der Waals surface area contributed by atoms with Crippen LogP contribution in [0, 0.1) is 13.8 Å². The molecule has 150 valence electrons. The van der Waals surface area contributed by atoms with E-state index >= 15 is 0 Å². The van der Waals surface area contributed by atoms with Crippen LogP contribution in [-0.2, 0) is 4.79 Å². The second-order valence-electron chi connectivity index (χ2n) is 6.48. The van der Waals surface area contributed by atoms with E-state index in [0.29, 0.717) is 22.2 Å². The van der Waals surface area contributed by atoms with Crippen LogP contribution in [0.15, 0.2) is 53.6 Å². The number of carbonyl (C=O) groups is 1. The zero-order valence-corrected chi connectivity index (χ0v) is 17.7. The molecule has 0 aliphatic heterocycles. The summed E-state index contributed by atoms with van der Waals surface area (Å²) in [7, 11) is 3.13. The lowest BCUT2D eigenvalue weighted by atomic mass is 10.0. The van der Waals surface area contributed by atoms with E-state index in [0.717, 1.165) is 16.8 Å². The van der Waals surface area contributed by atoms with Crippen molar-refractivity contribution in [1.29, 1.82) is 0 Å². The fourth-order valence-corrected chi connectivity index (χ4v) is 3.48. The Hall–Kier alpha value is -3.06. The lowest BCUT2D eigenvalue weighted by Gasteiger charge is -2.11. The Morgan fingerprint density at radius 3 is 2.48 bits per heavy atom. The predicted molar refractivity (Wildman–Crippen MR) is 116 cm³/mol. The molecule has 2 aromatic carbocycles. The lowest BCUT2D eigenvalue weighted by Crippen LogP contribution is -2.14. The number of nitrogens with one attached hydrogen (secondary N) is 1. The number of ether oxygens (including phenoxy) is 2. The molecule has 29 heavy (non-hydrogen) atoms. The molecule has 0 fully saturated rings. The molecule has 3 rings (SSSR count). The highest BCUT2D eigenvalue weighted by Gasteiger charge is 2.11. The van der Waals surface area contributed by atoms with Gasteiger partial charge in [0.05, 0.1) is 31.4 Å². The Morgan fingerprint density at radius 1 is 1.00 bits per heavy atom. The monoisotopic (exact) mass is 409 g/mol. The molecule has 0 bridgehead atoms. The largest absolute Gasteiger partial charge is 0.497 e. The molecule has 7 heteroatoms. The highest BCUT2D eigenvalue weighted by atomic mass is 32.2. The zero-order chi connectivity index (χ0) is 20.8. The summed E-state index contributed by atoms with van der Waals surface area (Å²) in [6.07, 6.45) is 0. The van der Waals surface area contributed by atoms with Crippen molar-refractivity contribution in [3.8, 4) is 22.8 Å². The lowest BCUT2D eigenvalue weighted by molar-refractivity contribution is -0.113. The van der Waals surface area contributed by atoms with Gasteiger partial charge < -0.3 is 14.8 Å². The number of aromatic nitrogens is 2. The summed E-state index contributed by atoms with van der Waals surface area (Å²) in [5.41, 5.74) is 4.84. The van der Waals surface area contributed by atoms with E-state index in [1.54, 1.807) is 32.4 Å². The van der Waals surface area contributed by atoms with Gasteiger partial charge in [-0.15, -0.1) is 10.2 Å². The van der Waals surface area contributed by atoms with Crippen molar-refractivity contribution in [3.05, 3.63) is 59.7 Å².